The van der Waals surface area contributed by atoms with Gasteiger partial charge in [-0.3, -0.25) is 4.79 Å². The second-order valence-corrected chi connectivity index (χ2v) is 5.56. The number of fused-ring (bicyclic) bond motifs is 1. The van der Waals surface area contributed by atoms with Crippen molar-refractivity contribution < 1.29 is 4.79 Å². The summed E-state index contributed by atoms with van der Waals surface area (Å²) in [6.45, 7) is 2.02. The van der Waals surface area contributed by atoms with Gasteiger partial charge in [0, 0.05) is 10.7 Å². The maximum atomic E-state index is 11.4. The molecule has 3 N–H and O–H groups in total. The number of rotatable bonds is 2. The van der Waals surface area contributed by atoms with Crippen molar-refractivity contribution in [1.29, 1.82) is 0 Å². The number of benzene rings is 2. The Morgan fingerprint density at radius 3 is 2.85 bits per heavy atom. The Hall–Kier alpha value is -1.84. The quantitative estimate of drug-likeness (QED) is 0.891. The van der Waals surface area contributed by atoms with E-state index in [1.165, 1.54) is 0 Å². The summed E-state index contributed by atoms with van der Waals surface area (Å²) in [5.41, 5.74) is 11.3. The van der Waals surface area contributed by atoms with Crippen LogP contribution < -0.4 is 11.1 Å². The molecule has 0 aromatic heterocycles. The Bertz CT molecular complexity index is 697. The van der Waals surface area contributed by atoms with Gasteiger partial charge in [0.25, 0.3) is 0 Å². The van der Waals surface area contributed by atoms with Gasteiger partial charge >= 0.3 is 0 Å². The van der Waals surface area contributed by atoms with Crippen LogP contribution in [0.3, 0.4) is 0 Å². The smallest absolute Gasteiger partial charge is 0.228 e. The maximum absolute atomic E-state index is 11.4. The predicted octanol–water partition coefficient (Wildman–Crippen LogP) is 3.19. The van der Waals surface area contributed by atoms with Crippen molar-refractivity contribution >= 4 is 23.2 Å². The lowest BCUT2D eigenvalue weighted by molar-refractivity contribution is -0.115. The minimum atomic E-state index is -0.241. The Morgan fingerprint density at radius 1 is 1.25 bits per heavy atom. The molecule has 2 aromatic rings. The summed E-state index contributed by atoms with van der Waals surface area (Å²) < 4.78 is 0. The number of aryl methyl sites for hydroxylation is 1. The normalized spacial score (nSPS) is 14.8. The zero-order chi connectivity index (χ0) is 14.3. The number of hydrogen-bond acceptors (Lipinski definition) is 2. The van der Waals surface area contributed by atoms with Crippen molar-refractivity contribution in [2.24, 2.45) is 5.73 Å². The highest BCUT2D eigenvalue weighted by molar-refractivity contribution is 6.30. The molecule has 1 atom stereocenters. The summed E-state index contributed by atoms with van der Waals surface area (Å²) in [7, 11) is 0. The predicted molar refractivity (Wildman–Crippen MR) is 81.0 cm³/mol. The molecular formula is C16H15ClN2O. The lowest BCUT2D eigenvalue weighted by atomic mass is 9.94. The highest BCUT2D eigenvalue weighted by atomic mass is 35.5. The topological polar surface area (TPSA) is 55.1 Å². The van der Waals surface area contributed by atoms with E-state index in [-0.39, 0.29) is 11.9 Å². The van der Waals surface area contributed by atoms with E-state index >= 15 is 0 Å². The molecule has 3 nitrogen and oxygen atoms in total. The van der Waals surface area contributed by atoms with Gasteiger partial charge in [0.05, 0.1) is 12.5 Å². The third kappa shape index (κ3) is 2.30. The van der Waals surface area contributed by atoms with Crippen molar-refractivity contribution in [2.45, 2.75) is 19.4 Å². The van der Waals surface area contributed by atoms with Crippen molar-refractivity contribution in [3.63, 3.8) is 0 Å². The first kappa shape index (κ1) is 13.2. The first-order valence-corrected chi connectivity index (χ1v) is 6.86. The zero-order valence-electron chi connectivity index (χ0n) is 11.1. The van der Waals surface area contributed by atoms with Crippen LogP contribution in [0.5, 0.6) is 0 Å². The van der Waals surface area contributed by atoms with Crippen LogP contribution >= 0.6 is 11.6 Å². The summed E-state index contributed by atoms with van der Waals surface area (Å²) in [5, 5.41) is 3.50. The van der Waals surface area contributed by atoms with Crippen LogP contribution in [0.25, 0.3) is 0 Å². The molecule has 0 saturated carbocycles. The van der Waals surface area contributed by atoms with E-state index in [2.05, 4.69) is 5.32 Å². The Morgan fingerprint density at radius 2 is 2.05 bits per heavy atom. The van der Waals surface area contributed by atoms with E-state index in [4.69, 9.17) is 17.3 Å². The minimum absolute atomic E-state index is 0.0321. The number of carbonyl (C=O) groups excluding carboxylic acids is 1. The average Bonchev–Trinajstić information content (AvgIpc) is 2.79. The number of anilines is 1. The van der Waals surface area contributed by atoms with Gasteiger partial charge in [-0.1, -0.05) is 29.8 Å². The van der Waals surface area contributed by atoms with Crippen LogP contribution in [0.15, 0.2) is 36.4 Å². The van der Waals surface area contributed by atoms with E-state index in [1.54, 1.807) is 0 Å². The SMILES string of the molecule is Cc1ccc(Cl)cc1C(N)c1ccc2c(c1)CC(=O)N2. The van der Waals surface area contributed by atoms with Crippen LogP contribution in [-0.4, -0.2) is 5.91 Å². The number of nitrogens with one attached hydrogen (secondary N) is 1. The Balaban J connectivity index is 1.99. The fraction of sp³-hybridized carbons (Fsp3) is 0.188. The molecule has 1 aliphatic rings. The molecule has 0 saturated heterocycles. The lowest BCUT2D eigenvalue weighted by Crippen LogP contribution is -2.13. The summed E-state index contributed by atoms with van der Waals surface area (Å²) in [6, 6.07) is 11.4. The first-order chi connectivity index (χ1) is 9.54. The van der Waals surface area contributed by atoms with Crippen LogP contribution in [0.1, 0.15) is 28.3 Å². The molecule has 20 heavy (non-hydrogen) atoms. The summed E-state index contributed by atoms with van der Waals surface area (Å²) >= 11 is 6.05. The molecule has 1 heterocycles. The first-order valence-electron chi connectivity index (χ1n) is 6.49. The van der Waals surface area contributed by atoms with E-state index in [0.717, 1.165) is 27.9 Å². The average molecular weight is 287 g/mol. The standard InChI is InChI=1S/C16H15ClN2O/c1-9-2-4-12(17)8-13(9)16(18)10-3-5-14-11(6-10)7-15(20)19-14/h2-6,8,16H,7,18H2,1H3,(H,19,20). The fourth-order valence-corrected chi connectivity index (χ4v) is 2.75. The molecule has 0 radical (unpaired) electrons. The maximum Gasteiger partial charge on any atom is 0.228 e. The molecule has 102 valence electrons. The second-order valence-electron chi connectivity index (χ2n) is 5.12. The van der Waals surface area contributed by atoms with Crippen molar-refractivity contribution in [1.82, 2.24) is 0 Å². The van der Waals surface area contributed by atoms with E-state index in [9.17, 15) is 4.79 Å². The van der Waals surface area contributed by atoms with Gasteiger partial charge in [0.2, 0.25) is 5.91 Å². The molecule has 3 rings (SSSR count). The highest BCUT2D eigenvalue weighted by Crippen LogP contribution is 2.30. The van der Waals surface area contributed by atoms with Crippen LogP contribution in [0, 0.1) is 6.92 Å². The largest absolute Gasteiger partial charge is 0.326 e. The number of hydrogen-bond donors (Lipinski definition) is 2. The number of amides is 1. The molecule has 2 aromatic carbocycles. The molecular weight excluding hydrogens is 272 g/mol. The van der Waals surface area contributed by atoms with E-state index in [1.807, 2.05) is 43.3 Å². The fourth-order valence-electron chi connectivity index (χ4n) is 2.57. The highest BCUT2D eigenvalue weighted by Gasteiger charge is 2.20. The summed E-state index contributed by atoms with van der Waals surface area (Å²) in [6.07, 6.45) is 0.421. The number of nitrogens with two attached hydrogens (primary N) is 1. The third-order valence-electron chi connectivity index (χ3n) is 3.69. The third-order valence-corrected chi connectivity index (χ3v) is 3.92. The van der Waals surface area contributed by atoms with Gasteiger partial charge < -0.3 is 11.1 Å². The molecule has 0 spiro atoms. The van der Waals surface area contributed by atoms with Gasteiger partial charge in [-0.15, -0.1) is 0 Å². The van der Waals surface area contributed by atoms with E-state index < -0.39 is 0 Å². The van der Waals surface area contributed by atoms with Gasteiger partial charge in [0.1, 0.15) is 0 Å². The van der Waals surface area contributed by atoms with Crippen molar-refractivity contribution in [3.05, 3.63) is 63.7 Å². The molecule has 0 aliphatic carbocycles. The molecule has 1 aliphatic heterocycles. The summed E-state index contributed by atoms with van der Waals surface area (Å²) in [4.78, 5) is 11.4. The molecule has 0 fully saturated rings. The number of carbonyl (C=O) groups is 1. The Labute approximate surface area is 122 Å². The van der Waals surface area contributed by atoms with Gasteiger partial charge in [-0.25, -0.2) is 0 Å². The van der Waals surface area contributed by atoms with Crippen LogP contribution in [0.2, 0.25) is 5.02 Å². The van der Waals surface area contributed by atoms with Crippen LogP contribution in [-0.2, 0) is 11.2 Å². The second kappa shape index (κ2) is 4.93. The number of halogens is 1. The van der Waals surface area contributed by atoms with Gasteiger partial charge in [0.15, 0.2) is 0 Å². The van der Waals surface area contributed by atoms with Crippen molar-refractivity contribution in [3.8, 4) is 0 Å². The summed E-state index contributed by atoms with van der Waals surface area (Å²) in [5.74, 6) is 0.0321. The monoisotopic (exact) mass is 286 g/mol. The molecule has 1 amide bonds. The molecule has 4 heteroatoms. The van der Waals surface area contributed by atoms with Gasteiger partial charge in [-0.05, 0) is 47.4 Å². The van der Waals surface area contributed by atoms with E-state index in [0.29, 0.717) is 11.4 Å². The minimum Gasteiger partial charge on any atom is -0.326 e. The van der Waals surface area contributed by atoms with Gasteiger partial charge in [-0.2, -0.15) is 0 Å². The lowest BCUT2D eigenvalue weighted by Gasteiger charge is -2.16. The molecule has 0 bridgehead atoms. The molecule has 1 unspecified atom stereocenters. The van der Waals surface area contributed by atoms with Crippen molar-refractivity contribution in [2.75, 3.05) is 5.32 Å². The zero-order valence-corrected chi connectivity index (χ0v) is 11.9. The Kier molecular flexibility index (Phi) is 3.24. The van der Waals surface area contributed by atoms with Crippen LogP contribution in [0.4, 0.5) is 5.69 Å².